The summed E-state index contributed by atoms with van der Waals surface area (Å²) in [6.45, 7) is 0. The quantitative estimate of drug-likeness (QED) is 0.732. The molecule has 1 amide bonds. The van der Waals surface area contributed by atoms with Crippen LogP contribution in [0.1, 0.15) is 43.7 Å². The molecule has 2 aromatic carbocycles. The maximum Gasteiger partial charge on any atom is 0.235 e. The van der Waals surface area contributed by atoms with Gasteiger partial charge in [0.15, 0.2) is 5.82 Å². The summed E-state index contributed by atoms with van der Waals surface area (Å²) >= 11 is 0. The largest absolute Gasteiger partial charge is 0.325 e. The lowest BCUT2D eigenvalue weighted by molar-refractivity contribution is -0.124. The molecule has 1 aromatic heterocycles. The van der Waals surface area contributed by atoms with Crippen molar-refractivity contribution in [1.29, 1.82) is 0 Å². The fourth-order valence-corrected chi connectivity index (χ4v) is 3.90. The van der Waals surface area contributed by atoms with E-state index in [0.29, 0.717) is 17.6 Å². The summed E-state index contributed by atoms with van der Waals surface area (Å²) in [6, 6.07) is 14.3. The predicted octanol–water partition coefficient (Wildman–Crippen LogP) is 3.87. The zero-order chi connectivity index (χ0) is 19.1. The SMILES string of the molecule is O=C(Nc1cccc(-c2nnnn2C2CC2)c1)C1(c2cccc(F)c2)CCC1. The molecular weight excluding hydrogens is 357 g/mol. The molecule has 0 unspecified atom stereocenters. The smallest absolute Gasteiger partial charge is 0.235 e. The molecule has 1 N–H and O–H groups in total. The number of aromatic nitrogens is 4. The minimum atomic E-state index is -0.659. The fraction of sp³-hybridized carbons (Fsp3) is 0.333. The van der Waals surface area contributed by atoms with Crippen molar-refractivity contribution < 1.29 is 9.18 Å². The van der Waals surface area contributed by atoms with E-state index in [9.17, 15) is 9.18 Å². The highest BCUT2D eigenvalue weighted by Gasteiger charge is 2.45. The number of nitrogens with one attached hydrogen (secondary N) is 1. The van der Waals surface area contributed by atoms with Gasteiger partial charge in [-0.25, -0.2) is 9.07 Å². The van der Waals surface area contributed by atoms with Gasteiger partial charge in [-0.15, -0.1) is 5.10 Å². The summed E-state index contributed by atoms with van der Waals surface area (Å²) in [4.78, 5) is 13.1. The first-order valence-corrected chi connectivity index (χ1v) is 9.61. The van der Waals surface area contributed by atoms with Crippen molar-refractivity contribution in [2.75, 3.05) is 5.32 Å². The van der Waals surface area contributed by atoms with E-state index >= 15 is 0 Å². The molecule has 6 nitrogen and oxygen atoms in total. The zero-order valence-corrected chi connectivity index (χ0v) is 15.3. The molecule has 0 spiro atoms. The van der Waals surface area contributed by atoms with Gasteiger partial charge < -0.3 is 5.32 Å². The molecule has 0 aliphatic heterocycles. The summed E-state index contributed by atoms with van der Waals surface area (Å²) in [5.41, 5.74) is 1.64. The lowest BCUT2D eigenvalue weighted by Gasteiger charge is -2.40. The van der Waals surface area contributed by atoms with Crippen molar-refractivity contribution in [3.63, 3.8) is 0 Å². The minimum absolute atomic E-state index is 0.0942. The molecule has 2 saturated carbocycles. The molecule has 5 rings (SSSR count). The van der Waals surface area contributed by atoms with Crippen LogP contribution in [0.2, 0.25) is 0 Å². The van der Waals surface area contributed by atoms with Crippen molar-refractivity contribution in [1.82, 2.24) is 20.2 Å². The normalized spacial score (nSPS) is 17.8. The van der Waals surface area contributed by atoms with Gasteiger partial charge in [-0.3, -0.25) is 4.79 Å². The molecule has 0 bridgehead atoms. The van der Waals surface area contributed by atoms with E-state index < -0.39 is 5.41 Å². The van der Waals surface area contributed by atoms with E-state index in [2.05, 4.69) is 20.8 Å². The van der Waals surface area contributed by atoms with Crippen LogP contribution in [0.5, 0.6) is 0 Å². The van der Waals surface area contributed by atoms with Crippen LogP contribution in [0.25, 0.3) is 11.4 Å². The Hall–Kier alpha value is -3.09. The number of nitrogens with zero attached hydrogens (tertiary/aromatic N) is 4. The molecule has 142 valence electrons. The Bertz CT molecular complexity index is 1040. The van der Waals surface area contributed by atoms with Gasteiger partial charge >= 0.3 is 0 Å². The van der Waals surface area contributed by atoms with Crippen LogP contribution in [0.4, 0.5) is 10.1 Å². The lowest BCUT2D eigenvalue weighted by atomic mass is 9.63. The number of halogens is 1. The van der Waals surface area contributed by atoms with Gasteiger partial charge in [0.25, 0.3) is 0 Å². The maximum atomic E-state index is 13.7. The highest BCUT2D eigenvalue weighted by Crippen LogP contribution is 2.45. The standard InChI is InChI=1S/C21H20FN5O/c22-16-6-2-5-15(13-16)21(10-3-11-21)20(28)23-17-7-1-4-14(12-17)19-24-25-26-27(19)18-8-9-18/h1-2,4-7,12-13,18H,3,8-11H2,(H,23,28). The van der Waals surface area contributed by atoms with Crippen molar-refractivity contribution in [2.24, 2.45) is 0 Å². The molecular formula is C21H20FN5O. The third-order valence-corrected chi connectivity index (χ3v) is 5.78. The highest BCUT2D eigenvalue weighted by atomic mass is 19.1. The molecule has 2 aliphatic rings. The first kappa shape index (κ1) is 17.0. The minimum Gasteiger partial charge on any atom is -0.325 e. The molecule has 0 saturated heterocycles. The number of rotatable bonds is 5. The monoisotopic (exact) mass is 377 g/mol. The van der Waals surface area contributed by atoms with E-state index in [-0.39, 0.29) is 11.7 Å². The van der Waals surface area contributed by atoms with Crippen LogP contribution < -0.4 is 5.32 Å². The second-order valence-corrected chi connectivity index (χ2v) is 7.66. The third-order valence-electron chi connectivity index (χ3n) is 5.78. The topological polar surface area (TPSA) is 72.7 Å². The maximum absolute atomic E-state index is 13.7. The first-order valence-electron chi connectivity index (χ1n) is 9.61. The van der Waals surface area contributed by atoms with Gasteiger partial charge in [0.05, 0.1) is 11.5 Å². The Morgan fingerprint density at radius 3 is 2.68 bits per heavy atom. The molecule has 2 aliphatic carbocycles. The lowest BCUT2D eigenvalue weighted by Crippen LogP contribution is -2.46. The van der Waals surface area contributed by atoms with Crippen LogP contribution in [0, 0.1) is 5.82 Å². The Morgan fingerprint density at radius 2 is 1.96 bits per heavy atom. The fourth-order valence-electron chi connectivity index (χ4n) is 3.90. The Morgan fingerprint density at radius 1 is 1.14 bits per heavy atom. The summed E-state index contributed by atoms with van der Waals surface area (Å²) in [5, 5.41) is 15.1. The van der Waals surface area contributed by atoms with E-state index in [1.165, 1.54) is 12.1 Å². The highest BCUT2D eigenvalue weighted by molar-refractivity contribution is 6.00. The van der Waals surface area contributed by atoms with Gasteiger partial charge in [-0.05, 0) is 65.9 Å². The number of hydrogen-bond donors (Lipinski definition) is 1. The average Bonchev–Trinajstić information content (AvgIpc) is 3.37. The van der Waals surface area contributed by atoms with Crippen LogP contribution in [-0.4, -0.2) is 26.1 Å². The Kier molecular flexibility index (Phi) is 3.96. The van der Waals surface area contributed by atoms with Gasteiger partial charge in [-0.2, -0.15) is 0 Å². The Labute approximate surface area is 161 Å². The first-order chi connectivity index (χ1) is 13.7. The summed E-state index contributed by atoms with van der Waals surface area (Å²) in [5.74, 6) is 0.302. The van der Waals surface area contributed by atoms with E-state index in [1.807, 2.05) is 35.0 Å². The number of hydrogen-bond acceptors (Lipinski definition) is 4. The van der Waals surface area contributed by atoms with Crippen LogP contribution in [0.3, 0.4) is 0 Å². The van der Waals surface area contributed by atoms with Gasteiger partial charge in [-0.1, -0.05) is 30.7 Å². The summed E-state index contributed by atoms with van der Waals surface area (Å²) < 4.78 is 15.6. The second kappa shape index (κ2) is 6.51. The average molecular weight is 377 g/mol. The van der Waals surface area contributed by atoms with E-state index in [1.54, 1.807) is 6.07 Å². The molecule has 1 heterocycles. The van der Waals surface area contributed by atoms with Crippen molar-refractivity contribution in [2.45, 2.75) is 43.6 Å². The van der Waals surface area contributed by atoms with Crippen molar-refractivity contribution in [3.8, 4) is 11.4 Å². The van der Waals surface area contributed by atoms with E-state index in [4.69, 9.17) is 0 Å². The number of anilines is 1. The number of tetrazole rings is 1. The number of carbonyl (C=O) groups is 1. The summed E-state index contributed by atoms with van der Waals surface area (Å²) in [6.07, 6.45) is 4.58. The van der Waals surface area contributed by atoms with Crippen LogP contribution >= 0.6 is 0 Å². The van der Waals surface area contributed by atoms with Crippen LogP contribution in [-0.2, 0) is 10.2 Å². The van der Waals surface area contributed by atoms with Gasteiger partial charge in [0, 0.05) is 11.3 Å². The third kappa shape index (κ3) is 2.87. The number of benzene rings is 2. The molecule has 2 fully saturated rings. The van der Waals surface area contributed by atoms with Crippen molar-refractivity contribution in [3.05, 3.63) is 59.9 Å². The molecule has 28 heavy (non-hydrogen) atoms. The molecule has 0 radical (unpaired) electrons. The second-order valence-electron chi connectivity index (χ2n) is 7.66. The molecule has 7 heteroatoms. The molecule has 3 aromatic rings. The summed E-state index contributed by atoms with van der Waals surface area (Å²) in [7, 11) is 0. The Balaban J connectivity index is 1.41. The van der Waals surface area contributed by atoms with E-state index in [0.717, 1.165) is 43.2 Å². The van der Waals surface area contributed by atoms with Gasteiger partial charge in [0.2, 0.25) is 5.91 Å². The van der Waals surface area contributed by atoms with Gasteiger partial charge in [0.1, 0.15) is 5.82 Å². The number of carbonyl (C=O) groups excluding carboxylic acids is 1. The van der Waals surface area contributed by atoms with Crippen LogP contribution in [0.15, 0.2) is 48.5 Å². The molecule has 0 atom stereocenters. The zero-order valence-electron chi connectivity index (χ0n) is 15.3. The predicted molar refractivity (Wildman–Crippen MR) is 102 cm³/mol. The number of amides is 1. The van der Waals surface area contributed by atoms with Crippen molar-refractivity contribution >= 4 is 11.6 Å².